The van der Waals surface area contributed by atoms with E-state index in [2.05, 4.69) is 5.32 Å². The number of carbonyl (C=O) groups excluding carboxylic acids is 2. The van der Waals surface area contributed by atoms with Crippen LogP contribution in [0.1, 0.15) is 26.7 Å². The van der Waals surface area contributed by atoms with Gasteiger partial charge in [-0.05, 0) is 36.6 Å². The fourth-order valence-electron chi connectivity index (χ4n) is 1.89. The molecule has 22 heavy (non-hydrogen) atoms. The van der Waals surface area contributed by atoms with Crippen molar-refractivity contribution in [1.29, 1.82) is 0 Å². The number of hydrogen-bond donors (Lipinski definition) is 1. The number of ether oxygens (including phenoxy) is 1. The van der Waals surface area contributed by atoms with Crippen LogP contribution in [-0.2, 0) is 14.3 Å². The van der Waals surface area contributed by atoms with Crippen LogP contribution in [0.25, 0.3) is 0 Å². The SMILES string of the molecule is COC(=O)C(CC(C)C)NC(=O)CCSc1ccc(F)cc1. The molecule has 0 saturated carbocycles. The minimum absolute atomic E-state index is 0.189. The second-order valence-corrected chi connectivity index (χ2v) is 6.49. The number of thioether (sulfide) groups is 1. The maximum atomic E-state index is 12.8. The molecular formula is C16H22FNO3S. The van der Waals surface area contributed by atoms with Gasteiger partial charge in [-0.15, -0.1) is 11.8 Å². The van der Waals surface area contributed by atoms with Gasteiger partial charge in [-0.1, -0.05) is 13.8 Å². The zero-order valence-electron chi connectivity index (χ0n) is 13.1. The third-order valence-electron chi connectivity index (χ3n) is 2.94. The molecule has 0 bridgehead atoms. The van der Waals surface area contributed by atoms with E-state index in [9.17, 15) is 14.0 Å². The normalized spacial score (nSPS) is 12.0. The molecule has 0 spiro atoms. The molecule has 122 valence electrons. The van der Waals surface area contributed by atoms with Gasteiger partial charge in [0.05, 0.1) is 7.11 Å². The highest BCUT2D eigenvalue weighted by molar-refractivity contribution is 7.99. The fourth-order valence-corrected chi connectivity index (χ4v) is 2.74. The van der Waals surface area contributed by atoms with Gasteiger partial charge in [0, 0.05) is 17.1 Å². The third kappa shape index (κ3) is 6.93. The summed E-state index contributed by atoms with van der Waals surface area (Å²) in [5.74, 6) is -0.0545. The Morgan fingerprint density at radius 1 is 1.27 bits per heavy atom. The Labute approximate surface area is 134 Å². The van der Waals surface area contributed by atoms with E-state index in [4.69, 9.17) is 4.74 Å². The van der Waals surface area contributed by atoms with E-state index in [1.54, 1.807) is 12.1 Å². The third-order valence-corrected chi connectivity index (χ3v) is 3.95. The Morgan fingerprint density at radius 3 is 2.45 bits per heavy atom. The second-order valence-electron chi connectivity index (χ2n) is 5.33. The van der Waals surface area contributed by atoms with Gasteiger partial charge in [0.25, 0.3) is 0 Å². The summed E-state index contributed by atoms with van der Waals surface area (Å²) in [4.78, 5) is 24.4. The lowest BCUT2D eigenvalue weighted by Gasteiger charge is -2.18. The van der Waals surface area contributed by atoms with Crippen molar-refractivity contribution in [2.75, 3.05) is 12.9 Å². The molecule has 1 unspecified atom stereocenters. The first kappa shape index (κ1) is 18.5. The smallest absolute Gasteiger partial charge is 0.328 e. The van der Waals surface area contributed by atoms with E-state index in [1.807, 2.05) is 13.8 Å². The summed E-state index contributed by atoms with van der Waals surface area (Å²) in [6.45, 7) is 3.96. The number of halogens is 1. The topological polar surface area (TPSA) is 55.4 Å². The van der Waals surface area contributed by atoms with Gasteiger partial charge in [0.1, 0.15) is 11.9 Å². The van der Waals surface area contributed by atoms with Crippen LogP contribution in [0.4, 0.5) is 4.39 Å². The van der Waals surface area contributed by atoms with Gasteiger partial charge >= 0.3 is 5.97 Å². The summed E-state index contributed by atoms with van der Waals surface area (Å²) in [5, 5.41) is 2.71. The highest BCUT2D eigenvalue weighted by Crippen LogP contribution is 2.18. The Kier molecular flexibility index (Phi) is 7.95. The molecule has 0 saturated heterocycles. The van der Waals surface area contributed by atoms with Crippen molar-refractivity contribution >= 4 is 23.6 Å². The first-order chi connectivity index (χ1) is 10.4. The van der Waals surface area contributed by atoms with Crippen LogP contribution in [-0.4, -0.2) is 30.8 Å². The first-order valence-corrected chi connectivity index (χ1v) is 8.16. The molecule has 0 aromatic heterocycles. The lowest BCUT2D eigenvalue weighted by Crippen LogP contribution is -2.42. The van der Waals surface area contributed by atoms with Gasteiger partial charge in [0.15, 0.2) is 0 Å². The zero-order valence-corrected chi connectivity index (χ0v) is 13.9. The molecule has 1 rings (SSSR count). The first-order valence-electron chi connectivity index (χ1n) is 7.18. The quantitative estimate of drug-likeness (QED) is 0.589. The average Bonchev–Trinajstić information content (AvgIpc) is 2.47. The van der Waals surface area contributed by atoms with Crippen molar-refractivity contribution in [2.45, 2.75) is 37.6 Å². The molecule has 1 aromatic rings. The van der Waals surface area contributed by atoms with Crippen molar-refractivity contribution < 1.29 is 18.7 Å². The lowest BCUT2D eigenvalue weighted by molar-refractivity contribution is -0.145. The van der Waals surface area contributed by atoms with Crippen LogP contribution in [0.15, 0.2) is 29.2 Å². The molecule has 0 aliphatic carbocycles. The monoisotopic (exact) mass is 327 g/mol. The van der Waals surface area contributed by atoms with Crippen LogP contribution in [0.5, 0.6) is 0 Å². The van der Waals surface area contributed by atoms with Gasteiger partial charge in [-0.2, -0.15) is 0 Å². The molecule has 0 heterocycles. The number of hydrogen-bond acceptors (Lipinski definition) is 4. The summed E-state index contributed by atoms with van der Waals surface area (Å²) in [6, 6.07) is 5.52. The number of esters is 1. The van der Waals surface area contributed by atoms with E-state index >= 15 is 0 Å². The van der Waals surface area contributed by atoms with Crippen molar-refractivity contribution in [3.63, 3.8) is 0 Å². The Hall–Kier alpha value is -1.56. The number of methoxy groups -OCH3 is 1. The minimum Gasteiger partial charge on any atom is -0.467 e. The van der Waals surface area contributed by atoms with E-state index in [0.717, 1.165) is 4.90 Å². The molecule has 1 atom stereocenters. The largest absolute Gasteiger partial charge is 0.467 e. The van der Waals surface area contributed by atoms with Crippen molar-refractivity contribution in [3.8, 4) is 0 Å². The molecule has 4 nitrogen and oxygen atoms in total. The molecule has 0 fully saturated rings. The van der Waals surface area contributed by atoms with Gasteiger partial charge in [0.2, 0.25) is 5.91 Å². The molecule has 1 aromatic carbocycles. The molecule has 6 heteroatoms. The lowest BCUT2D eigenvalue weighted by atomic mass is 10.0. The van der Waals surface area contributed by atoms with Crippen LogP contribution in [0.3, 0.4) is 0 Å². The summed E-state index contributed by atoms with van der Waals surface area (Å²) >= 11 is 1.47. The predicted octanol–water partition coefficient (Wildman–Crippen LogP) is 3.01. The predicted molar refractivity (Wildman–Crippen MR) is 85.1 cm³/mol. The Bertz CT molecular complexity index is 491. The van der Waals surface area contributed by atoms with Crippen LogP contribution in [0.2, 0.25) is 0 Å². The number of benzene rings is 1. The van der Waals surface area contributed by atoms with Crippen molar-refractivity contribution in [1.82, 2.24) is 5.32 Å². The molecule has 0 aliphatic rings. The molecule has 1 N–H and O–H groups in total. The number of carbonyl (C=O) groups is 2. The zero-order chi connectivity index (χ0) is 16.5. The Balaban J connectivity index is 2.39. The molecule has 0 radical (unpaired) electrons. The molecular weight excluding hydrogens is 305 g/mol. The second kappa shape index (κ2) is 9.46. The van der Waals surface area contributed by atoms with Crippen molar-refractivity contribution in [2.24, 2.45) is 5.92 Å². The minimum atomic E-state index is -0.603. The van der Waals surface area contributed by atoms with Crippen molar-refractivity contribution in [3.05, 3.63) is 30.1 Å². The highest BCUT2D eigenvalue weighted by Gasteiger charge is 2.22. The fraction of sp³-hybridized carbons (Fsp3) is 0.500. The average molecular weight is 327 g/mol. The summed E-state index contributed by atoms with van der Waals surface area (Å²) in [5.41, 5.74) is 0. The Morgan fingerprint density at radius 2 is 1.91 bits per heavy atom. The van der Waals surface area contributed by atoms with Crippen LogP contribution < -0.4 is 5.32 Å². The summed E-state index contributed by atoms with van der Waals surface area (Å²) in [6.07, 6.45) is 0.831. The summed E-state index contributed by atoms with van der Waals surface area (Å²) < 4.78 is 17.5. The number of nitrogens with one attached hydrogen (secondary N) is 1. The van der Waals surface area contributed by atoms with E-state index in [-0.39, 0.29) is 24.1 Å². The maximum absolute atomic E-state index is 12.8. The molecule has 1 amide bonds. The van der Waals surface area contributed by atoms with Crippen LogP contribution in [0, 0.1) is 11.7 Å². The van der Waals surface area contributed by atoms with E-state index in [1.165, 1.54) is 31.0 Å². The number of amides is 1. The maximum Gasteiger partial charge on any atom is 0.328 e. The summed E-state index contributed by atoms with van der Waals surface area (Å²) in [7, 11) is 1.31. The number of rotatable bonds is 8. The van der Waals surface area contributed by atoms with Gasteiger partial charge in [-0.25, -0.2) is 9.18 Å². The van der Waals surface area contributed by atoms with Gasteiger partial charge < -0.3 is 10.1 Å². The highest BCUT2D eigenvalue weighted by atomic mass is 32.2. The van der Waals surface area contributed by atoms with Gasteiger partial charge in [-0.3, -0.25) is 4.79 Å². The van der Waals surface area contributed by atoms with E-state index in [0.29, 0.717) is 12.2 Å². The van der Waals surface area contributed by atoms with Crippen LogP contribution >= 0.6 is 11.8 Å². The molecule has 0 aliphatic heterocycles. The van der Waals surface area contributed by atoms with E-state index < -0.39 is 12.0 Å². The standard InChI is InChI=1S/C16H22FNO3S/c1-11(2)10-14(16(20)21-3)18-15(19)8-9-22-13-6-4-12(17)5-7-13/h4-7,11,14H,8-10H2,1-3H3,(H,18,19).